The Balaban J connectivity index is 2.70. The van der Waals surface area contributed by atoms with Crippen molar-refractivity contribution < 1.29 is 4.79 Å². The van der Waals surface area contributed by atoms with Crippen LogP contribution in [-0.4, -0.2) is 5.78 Å². The summed E-state index contributed by atoms with van der Waals surface area (Å²) in [4.78, 5) is 11.7. The Bertz CT molecular complexity index is 232. The van der Waals surface area contributed by atoms with Crippen molar-refractivity contribution in [2.75, 3.05) is 0 Å². The molecule has 0 N–H and O–H groups in total. The van der Waals surface area contributed by atoms with E-state index in [-0.39, 0.29) is 11.2 Å². The highest BCUT2D eigenvalue weighted by molar-refractivity contribution is 5.94. The van der Waals surface area contributed by atoms with Crippen molar-refractivity contribution in [3.8, 4) is 0 Å². The summed E-state index contributed by atoms with van der Waals surface area (Å²) in [7, 11) is 0. The molecule has 1 nitrogen and oxygen atoms in total. The largest absolute Gasteiger partial charge is 0.295 e. The van der Waals surface area contributed by atoms with Crippen LogP contribution in [0.3, 0.4) is 0 Å². The van der Waals surface area contributed by atoms with Gasteiger partial charge in [-0.15, -0.1) is 0 Å². The van der Waals surface area contributed by atoms with Crippen molar-refractivity contribution >= 4 is 5.78 Å². The van der Waals surface area contributed by atoms with Crippen LogP contribution < -0.4 is 0 Å². The fourth-order valence-corrected chi connectivity index (χ4v) is 2.51. The van der Waals surface area contributed by atoms with Crippen molar-refractivity contribution in [3.05, 3.63) is 12.2 Å². The second-order valence-electron chi connectivity index (χ2n) is 5.10. The maximum atomic E-state index is 11.7. The number of hydrogen-bond acceptors (Lipinski definition) is 1. The van der Waals surface area contributed by atoms with Crippen molar-refractivity contribution in [1.82, 2.24) is 0 Å². The molecule has 0 unspecified atom stereocenters. The highest BCUT2D eigenvalue weighted by atomic mass is 16.1. The van der Waals surface area contributed by atoms with Crippen LogP contribution in [0.1, 0.15) is 52.9 Å². The van der Waals surface area contributed by atoms with Gasteiger partial charge >= 0.3 is 0 Å². The summed E-state index contributed by atoms with van der Waals surface area (Å²) < 4.78 is 0. The normalized spacial score (nSPS) is 20.0. The van der Waals surface area contributed by atoms with E-state index in [9.17, 15) is 4.79 Å². The Hall–Kier alpha value is -0.590. The predicted octanol–water partition coefficient (Wildman–Crippen LogP) is 3.74. The van der Waals surface area contributed by atoms with Crippen LogP contribution in [0, 0.1) is 11.3 Å². The van der Waals surface area contributed by atoms with Crippen LogP contribution in [0.2, 0.25) is 0 Å². The van der Waals surface area contributed by atoms with E-state index in [4.69, 9.17) is 0 Å². The van der Waals surface area contributed by atoms with Gasteiger partial charge in [0.1, 0.15) is 0 Å². The zero-order chi connectivity index (χ0) is 10.8. The van der Waals surface area contributed by atoms with Gasteiger partial charge in [-0.25, -0.2) is 0 Å². The summed E-state index contributed by atoms with van der Waals surface area (Å²) in [5, 5.41) is 0. The lowest BCUT2D eigenvalue weighted by atomic mass is 9.71. The number of rotatable bonds is 4. The molecular formula is C13H22O. The second-order valence-corrected chi connectivity index (χ2v) is 5.10. The van der Waals surface area contributed by atoms with Gasteiger partial charge in [-0.2, -0.15) is 0 Å². The molecular weight excluding hydrogens is 172 g/mol. The first-order valence-corrected chi connectivity index (χ1v) is 5.67. The van der Waals surface area contributed by atoms with Crippen molar-refractivity contribution in [2.24, 2.45) is 11.3 Å². The van der Waals surface area contributed by atoms with Crippen molar-refractivity contribution in [1.29, 1.82) is 0 Å². The van der Waals surface area contributed by atoms with Gasteiger partial charge in [-0.05, 0) is 36.7 Å². The average molecular weight is 194 g/mol. The van der Waals surface area contributed by atoms with E-state index < -0.39 is 0 Å². The molecule has 1 aliphatic rings. The standard InChI is InChI=1S/C13H22O/c1-10(2)12(14)9-13(11(3)4)7-5-6-8-13/h11H,1,5-9H2,2-4H3. The van der Waals surface area contributed by atoms with E-state index in [1.54, 1.807) is 0 Å². The number of carbonyl (C=O) groups is 1. The summed E-state index contributed by atoms with van der Waals surface area (Å²) >= 11 is 0. The minimum Gasteiger partial charge on any atom is -0.295 e. The number of Topliss-reactive ketones (excluding diaryl/α,β-unsaturated/α-hetero) is 1. The Kier molecular flexibility index (Phi) is 3.52. The molecule has 1 aliphatic carbocycles. The molecule has 0 radical (unpaired) electrons. The van der Waals surface area contributed by atoms with Gasteiger partial charge in [0, 0.05) is 6.42 Å². The fraction of sp³-hybridized carbons (Fsp3) is 0.769. The second kappa shape index (κ2) is 4.29. The monoisotopic (exact) mass is 194 g/mol. The van der Waals surface area contributed by atoms with Crippen LogP contribution in [0.5, 0.6) is 0 Å². The van der Waals surface area contributed by atoms with E-state index in [1.807, 2.05) is 6.92 Å². The summed E-state index contributed by atoms with van der Waals surface area (Å²) in [6, 6.07) is 0. The van der Waals surface area contributed by atoms with E-state index >= 15 is 0 Å². The SMILES string of the molecule is C=C(C)C(=O)CC1(C(C)C)CCCC1. The topological polar surface area (TPSA) is 17.1 Å². The third kappa shape index (κ3) is 2.26. The first-order valence-electron chi connectivity index (χ1n) is 5.67. The Morgan fingerprint density at radius 2 is 1.86 bits per heavy atom. The lowest BCUT2D eigenvalue weighted by Crippen LogP contribution is -2.27. The molecule has 1 rings (SSSR count). The van der Waals surface area contributed by atoms with Crippen LogP contribution >= 0.6 is 0 Å². The molecule has 0 spiro atoms. The summed E-state index contributed by atoms with van der Waals surface area (Å²) in [6.07, 6.45) is 5.76. The zero-order valence-electron chi connectivity index (χ0n) is 9.73. The maximum absolute atomic E-state index is 11.7. The molecule has 0 atom stereocenters. The summed E-state index contributed by atoms with van der Waals surface area (Å²) in [5.74, 6) is 0.883. The molecule has 0 aromatic carbocycles. The molecule has 1 fully saturated rings. The molecule has 14 heavy (non-hydrogen) atoms. The predicted molar refractivity (Wildman–Crippen MR) is 60.2 cm³/mol. The van der Waals surface area contributed by atoms with Gasteiger partial charge in [0.05, 0.1) is 0 Å². The Labute approximate surface area is 87.6 Å². The molecule has 80 valence electrons. The molecule has 0 aliphatic heterocycles. The highest BCUT2D eigenvalue weighted by Gasteiger charge is 2.38. The Morgan fingerprint density at radius 1 is 1.36 bits per heavy atom. The molecule has 0 heterocycles. The van der Waals surface area contributed by atoms with E-state index in [2.05, 4.69) is 20.4 Å². The summed E-state index contributed by atoms with van der Waals surface area (Å²) in [5.41, 5.74) is 1.01. The Morgan fingerprint density at radius 3 is 2.21 bits per heavy atom. The van der Waals surface area contributed by atoms with Gasteiger partial charge < -0.3 is 0 Å². The third-order valence-corrected chi connectivity index (χ3v) is 3.81. The number of allylic oxidation sites excluding steroid dienone is 1. The lowest BCUT2D eigenvalue weighted by molar-refractivity contribution is -0.118. The number of carbonyl (C=O) groups excluding carboxylic acids is 1. The molecule has 0 bridgehead atoms. The molecule has 1 saturated carbocycles. The van der Waals surface area contributed by atoms with Crippen LogP contribution in [0.4, 0.5) is 0 Å². The minimum absolute atomic E-state index is 0.264. The highest BCUT2D eigenvalue weighted by Crippen LogP contribution is 2.47. The molecule has 0 saturated heterocycles. The van der Waals surface area contributed by atoms with Crippen LogP contribution in [0.25, 0.3) is 0 Å². The molecule has 0 aromatic heterocycles. The van der Waals surface area contributed by atoms with Crippen LogP contribution in [0.15, 0.2) is 12.2 Å². The van der Waals surface area contributed by atoms with E-state index in [0.717, 1.165) is 12.0 Å². The number of ketones is 1. The smallest absolute Gasteiger partial charge is 0.158 e. The third-order valence-electron chi connectivity index (χ3n) is 3.81. The number of hydrogen-bond donors (Lipinski definition) is 0. The fourth-order valence-electron chi connectivity index (χ4n) is 2.51. The van der Waals surface area contributed by atoms with E-state index in [1.165, 1.54) is 25.7 Å². The molecule has 0 aromatic rings. The quantitative estimate of drug-likeness (QED) is 0.623. The van der Waals surface area contributed by atoms with Gasteiger partial charge in [-0.3, -0.25) is 4.79 Å². The molecule has 0 amide bonds. The van der Waals surface area contributed by atoms with Gasteiger partial charge in [0.2, 0.25) is 0 Å². The zero-order valence-corrected chi connectivity index (χ0v) is 9.73. The average Bonchev–Trinajstić information content (AvgIpc) is 2.53. The van der Waals surface area contributed by atoms with Gasteiger partial charge in [0.25, 0.3) is 0 Å². The van der Waals surface area contributed by atoms with Gasteiger partial charge in [-0.1, -0.05) is 33.3 Å². The first-order chi connectivity index (χ1) is 6.48. The van der Waals surface area contributed by atoms with Crippen molar-refractivity contribution in [2.45, 2.75) is 52.9 Å². The van der Waals surface area contributed by atoms with Gasteiger partial charge in [0.15, 0.2) is 5.78 Å². The lowest BCUT2D eigenvalue weighted by Gasteiger charge is -2.32. The minimum atomic E-state index is 0.264. The summed E-state index contributed by atoms with van der Waals surface area (Å²) in [6.45, 7) is 10.1. The van der Waals surface area contributed by atoms with Crippen molar-refractivity contribution in [3.63, 3.8) is 0 Å². The first kappa shape index (κ1) is 11.5. The molecule has 1 heteroatoms. The van der Waals surface area contributed by atoms with Crippen LogP contribution in [-0.2, 0) is 4.79 Å². The maximum Gasteiger partial charge on any atom is 0.158 e. The van der Waals surface area contributed by atoms with E-state index in [0.29, 0.717) is 5.92 Å².